The minimum Gasteiger partial charge on any atom is -0.397 e. The molecule has 0 heterocycles. The molecule has 1 aliphatic rings. The van der Waals surface area contributed by atoms with Crippen LogP contribution in [0.25, 0.3) is 0 Å². The summed E-state index contributed by atoms with van der Waals surface area (Å²) in [4.78, 5) is 2.28. The number of nitrogens with zero attached hydrogens (tertiary/aromatic N) is 1. The fourth-order valence-corrected chi connectivity index (χ4v) is 3.05. The number of nitrogens with two attached hydrogens (primary N) is 1. The number of hydrogen-bond acceptors (Lipinski definition) is 2. The van der Waals surface area contributed by atoms with Gasteiger partial charge in [0.1, 0.15) is 0 Å². The molecule has 1 aromatic rings. The second kappa shape index (κ2) is 5.63. The van der Waals surface area contributed by atoms with Gasteiger partial charge in [-0.15, -0.1) is 0 Å². The molecule has 0 atom stereocenters. The number of nitrogen functional groups attached to an aromatic ring is 1. The van der Waals surface area contributed by atoms with Gasteiger partial charge in [-0.2, -0.15) is 0 Å². The molecule has 1 saturated carbocycles. The average Bonchev–Trinajstić information content (AvgIpc) is 2.57. The van der Waals surface area contributed by atoms with Gasteiger partial charge in [-0.1, -0.05) is 43.4 Å². The van der Waals surface area contributed by atoms with Gasteiger partial charge in [0.2, 0.25) is 0 Å². The number of benzene rings is 1. The van der Waals surface area contributed by atoms with Gasteiger partial charge in [0.05, 0.1) is 16.4 Å². The van der Waals surface area contributed by atoms with E-state index in [-0.39, 0.29) is 0 Å². The highest BCUT2D eigenvalue weighted by molar-refractivity contribution is 6.34. The summed E-state index contributed by atoms with van der Waals surface area (Å²) in [5.41, 5.74) is 7.82. The highest BCUT2D eigenvalue weighted by Gasteiger charge is 2.20. The maximum Gasteiger partial charge on any atom is 0.0789 e. The van der Waals surface area contributed by atoms with E-state index in [1.165, 1.54) is 38.5 Å². The highest BCUT2D eigenvalue weighted by Crippen LogP contribution is 2.34. The first-order valence-corrected chi connectivity index (χ1v) is 6.85. The molecule has 1 fully saturated rings. The van der Waals surface area contributed by atoms with E-state index < -0.39 is 0 Å². The van der Waals surface area contributed by atoms with E-state index in [0.717, 1.165) is 16.4 Å². The monoisotopic (exact) mass is 252 g/mol. The molecule has 0 aromatic heterocycles. The van der Waals surface area contributed by atoms with Crippen molar-refractivity contribution in [2.45, 2.75) is 44.6 Å². The third kappa shape index (κ3) is 2.86. The minimum absolute atomic E-state index is 0.583. The predicted octanol–water partition coefficient (Wildman–Crippen LogP) is 4.08. The molecule has 0 aliphatic heterocycles. The van der Waals surface area contributed by atoms with Crippen LogP contribution in [-0.4, -0.2) is 13.1 Å². The molecular weight excluding hydrogens is 232 g/mol. The van der Waals surface area contributed by atoms with Crippen molar-refractivity contribution >= 4 is 23.0 Å². The molecule has 2 nitrogen and oxygen atoms in total. The van der Waals surface area contributed by atoms with Gasteiger partial charge >= 0.3 is 0 Å². The Hall–Kier alpha value is -0.890. The van der Waals surface area contributed by atoms with Gasteiger partial charge in [-0.05, 0) is 25.0 Å². The van der Waals surface area contributed by atoms with Gasteiger partial charge in [0, 0.05) is 13.1 Å². The van der Waals surface area contributed by atoms with E-state index in [2.05, 4.69) is 11.9 Å². The molecule has 2 rings (SSSR count). The van der Waals surface area contributed by atoms with Crippen LogP contribution in [0.2, 0.25) is 5.02 Å². The SMILES string of the molecule is CN(c1c(N)cccc1Cl)C1CCCCCC1. The molecule has 0 saturated heterocycles. The van der Waals surface area contributed by atoms with Crippen molar-refractivity contribution in [3.63, 3.8) is 0 Å². The van der Waals surface area contributed by atoms with Gasteiger partial charge in [-0.25, -0.2) is 0 Å². The number of para-hydroxylation sites is 1. The topological polar surface area (TPSA) is 29.3 Å². The van der Waals surface area contributed by atoms with Crippen molar-refractivity contribution in [1.82, 2.24) is 0 Å². The van der Waals surface area contributed by atoms with Crippen LogP contribution in [0.1, 0.15) is 38.5 Å². The summed E-state index contributed by atoms with van der Waals surface area (Å²) >= 11 is 6.26. The van der Waals surface area contributed by atoms with Gasteiger partial charge in [0.15, 0.2) is 0 Å². The summed E-state index contributed by atoms with van der Waals surface area (Å²) in [5.74, 6) is 0. The largest absolute Gasteiger partial charge is 0.397 e. The van der Waals surface area contributed by atoms with Crippen molar-refractivity contribution < 1.29 is 0 Å². The Labute approximate surface area is 109 Å². The summed E-state index contributed by atoms with van der Waals surface area (Å²) < 4.78 is 0. The standard InChI is InChI=1S/C14H21ClN2/c1-17(11-7-4-2-3-5-8-11)14-12(15)9-6-10-13(14)16/h6,9-11H,2-5,7-8,16H2,1H3. The quantitative estimate of drug-likeness (QED) is 0.635. The van der Waals surface area contributed by atoms with Gasteiger partial charge < -0.3 is 10.6 Å². The third-order valence-electron chi connectivity index (χ3n) is 3.74. The third-order valence-corrected chi connectivity index (χ3v) is 4.05. The Morgan fingerprint density at radius 2 is 1.82 bits per heavy atom. The molecule has 0 spiro atoms. The summed E-state index contributed by atoms with van der Waals surface area (Å²) in [6, 6.07) is 6.33. The van der Waals surface area contributed by atoms with E-state index in [4.69, 9.17) is 17.3 Å². The van der Waals surface area contributed by atoms with Crippen molar-refractivity contribution in [2.24, 2.45) is 0 Å². The van der Waals surface area contributed by atoms with Crippen LogP contribution >= 0.6 is 11.6 Å². The zero-order chi connectivity index (χ0) is 12.3. The fourth-order valence-electron chi connectivity index (χ4n) is 2.73. The van der Waals surface area contributed by atoms with E-state index >= 15 is 0 Å². The Balaban J connectivity index is 2.20. The Kier molecular flexibility index (Phi) is 4.16. The average molecular weight is 253 g/mol. The van der Waals surface area contributed by atoms with Crippen molar-refractivity contribution in [3.05, 3.63) is 23.2 Å². The Morgan fingerprint density at radius 1 is 1.18 bits per heavy atom. The predicted molar refractivity (Wildman–Crippen MR) is 75.8 cm³/mol. The van der Waals surface area contributed by atoms with Gasteiger partial charge in [0.25, 0.3) is 0 Å². The molecule has 1 aromatic carbocycles. The molecule has 2 N–H and O–H groups in total. The molecule has 94 valence electrons. The van der Waals surface area contributed by atoms with E-state index in [9.17, 15) is 0 Å². The van der Waals surface area contributed by atoms with Crippen LogP contribution in [0.15, 0.2) is 18.2 Å². The first kappa shape index (κ1) is 12.6. The Bertz CT molecular complexity index is 350. The second-order valence-corrected chi connectivity index (χ2v) is 5.34. The van der Waals surface area contributed by atoms with Crippen molar-refractivity contribution in [2.75, 3.05) is 17.7 Å². The fraction of sp³-hybridized carbons (Fsp3) is 0.571. The van der Waals surface area contributed by atoms with Crippen molar-refractivity contribution in [1.29, 1.82) is 0 Å². The van der Waals surface area contributed by atoms with E-state index in [1.54, 1.807) is 0 Å². The van der Waals surface area contributed by atoms with Crippen LogP contribution in [-0.2, 0) is 0 Å². The van der Waals surface area contributed by atoms with Crippen LogP contribution < -0.4 is 10.6 Å². The minimum atomic E-state index is 0.583. The number of halogens is 1. The van der Waals surface area contributed by atoms with Crippen LogP contribution in [0.4, 0.5) is 11.4 Å². The first-order valence-electron chi connectivity index (χ1n) is 6.47. The maximum atomic E-state index is 6.26. The first-order chi connectivity index (χ1) is 8.20. The van der Waals surface area contributed by atoms with Crippen LogP contribution in [0, 0.1) is 0 Å². The molecule has 1 aliphatic carbocycles. The number of rotatable bonds is 2. The van der Waals surface area contributed by atoms with Crippen LogP contribution in [0.3, 0.4) is 0 Å². The Morgan fingerprint density at radius 3 is 2.41 bits per heavy atom. The summed E-state index contributed by atoms with van der Waals surface area (Å²) in [5, 5.41) is 0.761. The normalized spacial score (nSPS) is 17.8. The van der Waals surface area contributed by atoms with E-state index in [0.29, 0.717) is 6.04 Å². The highest BCUT2D eigenvalue weighted by atomic mass is 35.5. The van der Waals surface area contributed by atoms with Crippen LogP contribution in [0.5, 0.6) is 0 Å². The summed E-state index contributed by atoms with van der Waals surface area (Å²) in [7, 11) is 2.12. The number of hydrogen-bond donors (Lipinski definition) is 1. The smallest absolute Gasteiger partial charge is 0.0789 e. The maximum absolute atomic E-state index is 6.26. The second-order valence-electron chi connectivity index (χ2n) is 4.93. The lowest BCUT2D eigenvalue weighted by atomic mass is 10.1. The molecule has 0 radical (unpaired) electrons. The van der Waals surface area contributed by atoms with E-state index in [1.807, 2.05) is 18.2 Å². The summed E-state index contributed by atoms with van der Waals surface area (Å²) in [6.07, 6.45) is 7.87. The molecular formula is C14H21ClN2. The molecule has 0 unspecified atom stereocenters. The summed E-state index contributed by atoms with van der Waals surface area (Å²) in [6.45, 7) is 0. The zero-order valence-electron chi connectivity index (χ0n) is 10.5. The molecule has 17 heavy (non-hydrogen) atoms. The lowest BCUT2D eigenvalue weighted by Crippen LogP contribution is -2.31. The van der Waals surface area contributed by atoms with Crippen molar-refractivity contribution in [3.8, 4) is 0 Å². The molecule has 0 amide bonds. The zero-order valence-corrected chi connectivity index (χ0v) is 11.2. The molecule has 0 bridgehead atoms. The number of anilines is 2. The lowest BCUT2D eigenvalue weighted by Gasteiger charge is -2.31. The lowest BCUT2D eigenvalue weighted by molar-refractivity contribution is 0.553. The van der Waals surface area contributed by atoms with Gasteiger partial charge in [-0.3, -0.25) is 0 Å². The molecule has 3 heteroatoms.